The summed E-state index contributed by atoms with van der Waals surface area (Å²) >= 11 is 1.61. The Hall–Kier alpha value is -1.80. The molecule has 4 aliphatic rings. The third-order valence-corrected chi connectivity index (χ3v) is 9.74. The van der Waals surface area contributed by atoms with Crippen molar-refractivity contribution in [3.05, 3.63) is 24.3 Å². The number of aliphatic hydroxyl groups excluding tert-OH is 1. The Balaban J connectivity index is 1.70. The van der Waals surface area contributed by atoms with Gasteiger partial charge in [0, 0.05) is 31.0 Å². The molecule has 4 heterocycles. The molecule has 35 heavy (non-hydrogen) atoms. The van der Waals surface area contributed by atoms with E-state index >= 15 is 0 Å². The molecule has 0 saturated carbocycles. The maximum Gasteiger partial charge on any atom is 0.311 e. The maximum atomic E-state index is 14.1. The molecule has 194 valence electrons. The van der Waals surface area contributed by atoms with Crippen LogP contribution in [0.15, 0.2) is 24.3 Å². The summed E-state index contributed by atoms with van der Waals surface area (Å²) in [5, 5.41) is 9.09. The molecule has 1 unspecified atom stereocenters. The summed E-state index contributed by atoms with van der Waals surface area (Å²) in [6, 6.07) is -0.616. The highest BCUT2D eigenvalue weighted by Gasteiger charge is 2.73. The van der Waals surface area contributed by atoms with E-state index in [1.54, 1.807) is 16.7 Å². The van der Waals surface area contributed by atoms with Crippen molar-refractivity contribution < 1.29 is 24.2 Å². The predicted molar refractivity (Wildman–Crippen MR) is 137 cm³/mol. The summed E-state index contributed by atoms with van der Waals surface area (Å²) < 4.78 is 4.19. The molecule has 0 aliphatic carbocycles. The number of rotatable bonds is 10. The van der Waals surface area contributed by atoms with E-state index in [1.165, 1.54) is 0 Å². The molecule has 2 amide bonds. The van der Waals surface area contributed by atoms with Crippen molar-refractivity contribution >= 4 is 29.5 Å². The molecule has 4 aliphatic heterocycles. The standard InChI is InChI=1S/C27H40N2O5S/c1-3-4-8-15-28-16-12-14-27-20(21-25(33)34-19-11-7-13-26(21,2)35-27)23(31)29(22(27)24(28)32)17-9-5-6-10-18-30/h7,12-14,20-22,30H,3-6,8-11,15-19H2,1-2H3/t20-,21+,22?,26-,27-/m0/s1. The number of cyclic esters (lactones) is 1. The predicted octanol–water partition coefficient (Wildman–Crippen LogP) is 3.32. The highest BCUT2D eigenvalue weighted by atomic mass is 32.2. The van der Waals surface area contributed by atoms with Gasteiger partial charge < -0.3 is 19.6 Å². The Bertz CT molecular complexity index is 876. The number of ether oxygens (including phenoxy) is 1. The van der Waals surface area contributed by atoms with E-state index in [9.17, 15) is 14.4 Å². The van der Waals surface area contributed by atoms with Crippen molar-refractivity contribution in [2.75, 3.05) is 32.8 Å². The van der Waals surface area contributed by atoms with Crippen molar-refractivity contribution in [1.82, 2.24) is 9.80 Å². The molecule has 2 fully saturated rings. The normalized spacial score (nSPS) is 34.3. The molecule has 0 radical (unpaired) electrons. The fourth-order valence-electron chi connectivity index (χ4n) is 6.28. The van der Waals surface area contributed by atoms with Gasteiger partial charge >= 0.3 is 5.97 Å². The summed E-state index contributed by atoms with van der Waals surface area (Å²) in [6.45, 7) is 6.35. The first-order chi connectivity index (χ1) is 16.9. The van der Waals surface area contributed by atoms with E-state index in [2.05, 4.69) is 19.1 Å². The Morgan fingerprint density at radius 3 is 2.54 bits per heavy atom. The average molecular weight is 505 g/mol. The minimum absolute atomic E-state index is 0.0000279. The molecule has 0 aromatic rings. The van der Waals surface area contributed by atoms with Gasteiger partial charge in [-0.25, -0.2) is 0 Å². The topological polar surface area (TPSA) is 87.2 Å². The average Bonchev–Trinajstić information content (AvgIpc) is 3.14. The molecule has 0 bridgehead atoms. The lowest BCUT2D eigenvalue weighted by molar-refractivity contribution is -0.154. The van der Waals surface area contributed by atoms with Crippen molar-refractivity contribution in [2.24, 2.45) is 11.8 Å². The number of carbonyl (C=O) groups is 3. The second kappa shape index (κ2) is 11.1. The van der Waals surface area contributed by atoms with E-state index in [4.69, 9.17) is 9.84 Å². The van der Waals surface area contributed by atoms with Crippen LogP contribution in [0.5, 0.6) is 0 Å². The van der Waals surface area contributed by atoms with E-state index in [0.717, 1.165) is 44.9 Å². The first-order valence-electron chi connectivity index (χ1n) is 13.3. The molecule has 0 aromatic carbocycles. The van der Waals surface area contributed by atoms with E-state index in [1.807, 2.05) is 24.0 Å². The number of carbonyl (C=O) groups excluding carboxylic acids is 3. The lowest BCUT2D eigenvalue weighted by atomic mass is 9.74. The summed E-state index contributed by atoms with van der Waals surface area (Å²) in [6.07, 6.45) is 15.3. The van der Waals surface area contributed by atoms with Crippen LogP contribution in [-0.4, -0.2) is 81.1 Å². The van der Waals surface area contributed by atoms with Crippen LogP contribution in [0.2, 0.25) is 0 Å². The molecule has 7 nitrogen and oxygen atoms in total. The van der Waals surface area contributed by atoms with Gasteiger partial charge in [0.05, 0.1) is 23.2 Å². The second-order valence-corrected chi connectivity index (χ2v) is 12.2. The third kappa shape index (κ3) is 4.80. The van der Waals surface area contributed by atoms with Gasteiger partial charge in [-0.05, 0) is 32.6 Å². The zero-order valence-electron chi connectivity index (χ0n) is 21.1. The number of nitrogens with zero attached hydrogens (tertiary/aromatic N) is 2. The zero-order valence-corrected chi connectivity index (χ0v) is 21.9. The minimum atomic E-state index is -0.786. The number of hydrogen-bond acceptors (Lipinski definition) is 6. The Kier molecular flexibility index (Phi) is 8.31. The molecule has 4 rings (SSSR count). The smallest absolute Gasteiger partial charge is 0.311 e. The Labute approximate surface area is 213 Å². The molecule has 2 saturated heterocycles. The minimum Gasteiger partial charge on any atom is -0.465 e. The van der Waals surface area contributed by atoms with E-state index in [0.29, 0.717) is 32.7 Å². The number of unbranched alkanes of at least 4 members (excludes halogenated alkanes) is 5. The molecule has 5 atom stereocenters. The number of amides is 2. The van der Waals surface area contributed by atoms with Crippen molar-refractivity contribution in [1.29, 1.82) is 0 Å². The van der Waals surface area contributed by atoms with Crippen molar-refractivity contribution in [2.45, 2.75) is 80.7 Å². The van der Waals surface area contributed by atoms with Crippen molar-refractivity contribution in [3.8, 4) is 0 Å². The van der Waals surface area contributed by atoms with Crippen LogP contribution in [-0.2, 0) is 19.1 Å². The Morgan fingerprint density at radius 2 is 1.77 bits per heavy atom. The fraction of sp³-hybridized carbons (Fsp3) is 0.741. The van der Waals surface area contributed by atoms with Gasteiger partial charge in [0.15, 0.2) is 0 Å². The van der Waals surface area contributed by atoms with Crippen LogP contribution >= 0.6 is 11.8 Å². The van der Waals surface area contributed by atoms with Crippen LogP contribution in [0.3, 0.4) is 0 Å². The van der Waals surface area contributed by atoms with E-state index in [-0.39, 0.29) is 24.4 Å². The van der Waals surface area contributed by atoms with E-state index < -0.39 is 27.4 Å². The largest absolute Gasteiger partial charge is 0.465 e. The molecular weight excluding hydrogens is 464 g/mol. The summed E-state index contributed by atoms with van der Waals surface area (Å²) in [4.78, 5) is 45.1. The third-order valence-electron chi connectivity index (χ3n) is 7.94. The number of likely N-dealkylation sites (tertiary alicyclic amines) is 1. The first-order valence-corrected chi connectivity index (χ1v) is 14.1. The van der Waals surface area contributed by atoms with Gasteiger partial charge in [0.2, 0.25) is 11.8 Å². The van der Waals surface area contributed by atoms with Crippen LogP contribution in [0.25, 0.3) is 0 Å². The van der Waals surface area contributed by atoms with Gasteiger partial charge in [-0.3, -0.25) is 14.4 Å². The number of hydrogen-bond donors (Lipinski definition) is 1. The number of thioether (sulfide) groups is 1. The number of fused-ring (bicyclic) bond motifs is 2. The highest BCUT2D eigenvalue weighted by molar-refractivity contribution is 8.02. The molecule has 1 spiro atoms. The van der Waals surface area contributed by atoms with Crippen molar-refractivity contribution in [3.63, 3.8) is 0 Å². The molecular formula is C27H40N2O5S. The molecule has 8 heteroatoms. The van der Waals surface area contributed by atoms with Crippen LogP contribution in [0, 0.1) is 11.8 Å². The molecule has 0 aromatic heterocycles. The van der Waals surface area contributed by atoms with Crippen LogP contribution in [0.4, 0.5) is 0 Å². The second-order valence-electron chi connectivity index (χ2n) is 10.4. The lowest BCUT2D eigenvalue weighted by Crippen LogP contribution is -2.53. The first kappa shape index (κ1) is 26.3. The number of aliphatic hydroxyl groups is 1. The van der Waals surface area contributed by atoms with Gasteiger partial charge in [-0.15, -0.1) is 11.8 Å². The zero-order chi connectivity index (χ0) is 25.1. The summed E-state index contributed by atoms with van der Waals surface area (Å²) in [7, 11) is 0. The number of esters is 1. The summed E-state index contributed by atoms with van der Waals surface area (Å²) in [5.74, 6) is -1.67. The molecule has 1 N–H and O–H groups in total. The fourth-order valence-corrected chi connectivity index (χ4v) is 8.43. The summed E-state index contributed by atoms with van der Waals surface area (Å²) in [5.41, 5.74) is 0. The SMILES string of the molecule is CCCCCN1CC=C[C@]23S[C@@]4(C)C=CCCOC(=O)[C@H]4[C@H]2C(=O)N(CCCCCCO)C3C1=O. The Morgan fingerprint density at radius 1 is 1.00 bits per heavy atom. The maximum absolute atomic E-state index is 14.1. The lowest BCUT2D eigenvalue weighted by Gasteiger charge is -2.37. The monoisotopic (exact) mass is 504 g/mol. The quantitative estimate of drug-likeness (QED) is 0.279. The van der Waals surface area contributed by atoms with Crippen LogP contribution < -0.4 is 0 Å². The van der Waals surface area contributed by atoms with Gasteiger partial charge in [-0.2, -0.15) is 0 Å². The van der Waals surface area contributed by atoms with Crippen LogP contribution in [0.1, 0.15) is 65.2 Å². The van der Waals surface area contributed by atoms with Gasteiger partial charge in [0.25, 0.3) is 0 Å². The highest BCUT2D eigenvalue weighted by Crippen LogP contribution is 2.65. The van der Waals surface area contributed by atoms with Gasteiger partial charge in [0.1, 0.15) is 6.04 Å². The van der Waals surface area contributed by atoms with Gasteiger partial charge in [-0.1, -0.05) is 56.9 Å².